The molecule has 1 heterocycles. The van der Waals surface area contributed by atoms with Crippen LogP contribution in [-0.2, 0) is 11.2 Å². The van der Waals surface area contributed by atoms with Gasteiger partial charge in [-0.25, -0.2) is 0 Å². The van der Waals surface area contributed by atoms with Crippen molar-refractivity contribution in [3.63, 3.8) is 0 Å². The van der Waals surface area contributed by atoms with Crippen molar-refractivity contribution >= 4 is 11.6 Å². The first-order chi connectivity index (χ1) is 15.2. The van der Waals surface area contributed by atoms with Crippen molar-refractivity contribution in [1.29, 1.82) is 5.26 Å². The van der Waals surface area contributed by atoms with E-state index in [1.54, 1.807) is 42.9 Å². The lowest BCUT2D eigenvalue weighted by Crippen LogP contribution is -2.23. The van der Waals surface area contributed by atoms with Gasteiger partial charge in [0.25, 0.3) is 5.91 Å². The second kappa shape index (κ2) is 11.2. The minimum absolute atomic E-state index is 0.0567. The Labute approximate surface area is 182 Å². The second-order valence-corrected chi connectivity index (χ2v) is 6.78. The Morgan fingerprint density at radius 3 is 2.39 bits per heavy atom. The summed E-state index contributed by atoms with van der Waals surface area (Å²) in [5, 5.41) is 12.2. The monoisotopic (exact) mass is 412 g/mol. The minimum Gasteiger partial charge on any atom is -0.457 e. The van der Waals surface area contributed by atoms with E-state index in [0.29, 0.717) is 24.5 Å². The minimum atomic E-state index is -0.443. The van der Waals surface area contributed by atoms with Gasteiger partial charge in [0.05, 0.1) is 0 Å². The van der Waals surface area contributed by atoms with E-state index in [4.69, 9.17) is 4.74 Å². The molecule has 0 aliphatic rings. The van der Waals surface area contributed by atoms with Crippen LogP contribution in [0, 0.1) is 11.3 Å². The molecule has 0 spiro atoms. The lowest BCUT2D eigenvalue weighted by molar-refractivity contribution is -0.112. The van der Waals surface area contributed by atoms with Gasteiger partial charge in [-0.1, -0.05) is 18.2 Å². The Hall–Kier alpha value is -4.11. The molecule has 1 amide bonds. The summed E-state index contributed by atoms with van der Waals surface area (Å²) in [5.41, 5.74) is 1.80. The third-order valence-electron chi connectivity index (χ3n) is 4.61. The first-order valence-corrected chi connectivity index (χ1v) is 10.1. The quantitative estimate of drug-likeness (QED) is 0.404. The van der Waals surface area contributed by atoms with Crippen molar-refractivity contribution in [2.24, 2.45) is 0 Å². The molecule has 31 heavy (non-hydrogen) atoms. The molecule has 0 bridgehead atoms. The number of likely N-dealkylation sites (N-methyl/N-ethyl adjacent to an activating group) is 1. The summed E-state index contributed by atoms with van der Waals surface area (Å²) in [4.78, 5) is 18.5. The SMILES string of the molecule is CCN(/C=C(/C#N)C(=O)Nc1ccc(Oc2ccccc2)cc1)CCc1ccncc1. The summed E-state index contributed by atoms with van der Waals surface area (Å²) in [6.07, 6.45) is 5.93. The van der Waals surface area contributed by atoms with E-state index < -0.39 is 5.91 Å². The standard InChI is InChI=1S/C25H24N4O2/c1-2-29(17-14-20-12-15-27-16-13-20)19-21(18-26)25(30)28-22-8-10-24(11-9-22)31-23-6-4-3-5-7-23/h3-13,15-16,19H,2,14,17H2,1H3,(H,28,30)/b21-19-. The third-order valence-corrected chi connectivity index (χ3v) is 4.61. The van der Waals surface area contributed by atoms with Gasteiger partial charge in [0.1, 0.15) is 23.1 Å². The average molecular weight is 412 g/mol. The van der Waals surface area contributed by atoms with Gasteiger partial charge in [0.15, 0.2) is 0 Å². The van der Waals surface area contributed by atoms with Crippen LogP contribution in [0.3, 0.4) is 0 Å². The highest BCUT2D eigenvalue weighted by atomic mass is 16.5. The van der Waals surface area contributed by atoms with Crippen LogP contribution in [0.4, 0.5) is 5.69 Å². The van der Waals surface area contributed by atoms with Crippen LogP contribution >= 0.6 is 0 Å². The van der Waals surface area contributed by atoms with Crippen molar-refractivity contribution in [3.05, 3.63) is 96.5 Å². The van der Waals surface area contributed by atoms with Crippen molar-refractivity contribution in [3.8, 4) is 17.6 Å². The third kappa shape index (κ3) is 6.72. The van der Waals surface area contributed by atoms with E-state index >= 15 is 0 Å². The zero-order chi connectivity index (χ0) is 21.9. The predicted molar refractivity (Wildman–Crippen MR) is 120 cm³/mol. The molecule has 0 unspecified atom stereocenters. The van der Waals surface area contributed by atoms with Crippen LogP contribution in [0.15, 0.2) is 90.9 Å². The van der Waals surface area contributed by atoms with E-state index in [2.05, 4.69) is 10.3 Å². The molecule has 1 aromatic heterocycles. The number of hydrogen-bond donors (Lipinski definition) is 1. The number of para-hydroxylation sites is 1. The fourth-order valence-electron chi connectivity index (χ4n) is 2.89. The average Bonchev–Trinajstić information content (AvgIpc) is 2.82. The number of ether oxygens (including phenoxy) is 1. The molecule has 0 radical (unpaired) electrons. The Morgan fingerprint density at radius 1 is 1.06 bits per heavy atom. The molecular weight excluding hydrogens is 388 g/mol. The van der Waals surface area contributed by atoms with Crippen LogP contribution in [0.5, 0.6) is 11.5 Å². The molecule has 156 valence electrons. The Morgan fingerprint density at radius 2 is 1.74 bits per heavy atom. The van der Waals surface area contributed by atoms with Crippen LogP contribution in [0.1, 0.15) is 12.5 Å². The van der Waals surface area contributed by atoms with E-state index in [1.165, 1.54) is 0 Å². The number of benzene rings is 2. The smallest absolute Gasteiger partial charge is 0.267 e. The number of anilines is 1. The number of pyridine rings is 1. The number of amides is 1. The van der Waals surface area contributed by atoms with E-state index in [1.807, 2.05) is 60.4 Å². The van der Waals surface area contributed by atoms with E-state index in [0.717, 1.165) is 17.7 Å². The Balaban J connectivity index is 1.59. The number of nitrogens with zero attached hydrogens (tertiary/aromatic N) is 3. The maximum absolute atomic E-state index is 12.6. The topological polar surface area (TPSA) is 78.2 Å². The summed E-state index contributed by atoms with van der Waals surface area (Å²) in [6, 6.07) is 22.4. The highest BCUT2D eigenvalue weighted by molar-refractivity contribution is 6.06. The lowest BCUT2D eigenvalue weighted by atomic mass is 10.2. The van der Waals surface area contributed by atoms with Gasteiger partial charge in [0, 0.05) is 37.4 Å². The Kier molecular flexibility index (Phi) is 7.78. The fraction of sp³-hybridized carbons (Fsp3) is 0.160. The summed E-state index contributed by atoms with van der Waals surface area (Å²) >= 11 is 0. The fourth-order valence-corrected chi connectivity index (χ4v) is 2.89. The number of carbonyl (C=O) groups excluding carboxylic acids is 1. The number of rotatable bonds is 9. The molecule has 0 saturated heterocycles. The number of hydrogen-bond acceptors (Lipinski definition) is 5. The largest absolute Gasteiger partial charge is 0.457 e. The molecule has 3 rings (SSSR count). The highest BCUT2D eigenvalue weighted by Gasteiger charge is 2.11. The first-order valence-electron chi connectivity index (χ1n) is 10.1. The van der Waals surface area contributed by atoms with Gasteiger partial charge in [-0.05, 0) is 67.4 Å². The molecule has 3 aromatic rings. The molecule has 0 aliphatic heterocycles. The maximum atomic E-state index is 12.6. The lowest BCUT2D eigenvalue weighted by Gasteiger charge is -2.18. The molecule has 6 heteroatoms. The predicted octanol–water partition coefficient (Wildman–Crippen LogP) is 4.78. The van der Waals surface area contributed by atoms with Crippen molar-refractivity contribution < 1.29 is 9.53 Å². The Bertz CT molecular complexity index is 1040. The number of carbonyl (C=O) groups is 1. The van der Waals surface area contributed by atoms with Gasteiger partial charge in [-0.2, -0.15) is 5.26 Å². The van der Waals surface area contributed by atoms with Crippen molar-refractivity contribution in [2.45, 2.75) is 13.3 Å². The van der Waals surface area contributed by atoms with Crippen LogP contribution in [0.25, 0.3) is 0 Å². The van der Waals surface area contributed by atoms with Crippen molar-refractivity contribution in [2.75, 3.05) is 18.4 Å². The summed E-state index contributed by atoms with van der Waals surface area (Å²) in [7, 11) is 0. The molecule has 0 aliphatic carbocycles. The van der Waals surface area contributed by atoms with Gasteiger partial charge < -0.3 is 15.0 Å². The molecule has 6 nitrogen and oxygen atoms in total. The molecular formula is C25H24N4O2. The van der Waals surface area contributed by atoms with E-state index in [-0.39, 0.29) is 5.57 Å². The van der Waals surface area contributed by atoms with Crippen molar-refractivity contribution in [1.82, 2.24) is 9.88 Å². The van der Waals surface area contributed by atoms with Gasteiger partial charge >= 0.3 is 0 Å². The number of nitrogens with one attached hydrogen (secondary N) is 1. The second-order valence-electron chi connectivity index (χ2n) is 6.78. The zero-order valence-electron chi connectivity index (χ0n) is 17.4. The van der Waals surface area contributed by atoms with Gasteiger partial charge in [-0.15, -0.1) is 0 Å². The van der Waals surface area contributed by atoms with Gasteiger partial charge in [-0.3, -0.25) is 9.78 Å². The summed E-state index contributed by atoms with van der Waals surface area (Å²) in [5.74, 6) is 0.954. The van der Waals surface area contributed by atoms with E-state index in [9.17, 15) is 10.1 Å². The normalized spacial score (nSPS) is 10.8. The van der Waals surface area contributed by atoms with Crippen LogP contribution in [-0.4, -0.2) is 28.9 Å². The maximum Gasteiger partial charge on any atom is 0.267 e. The summed E-state index contributed by atoms with van der Waals surface area (Å²) < 4.78 is 5.75. The molecule has 0 saturated carbocycles. The molecule has 0 atom stereocenters. The first kappa shape index (κ1) is 21.6. The number of aromatic nitrogens is 1. The number of nitriles is 1. The van der Waals surface area contributed by atoms with Gasteiger partial charge in [0.2, 0.25) is 0 Å². The molecule has 1 N–H and O–H groups in total. The van der Waals surface area contributed by atoms with Crippen LogP contribution in [0.2, 0.25) is 0 Å². The summed E-state index contributed by atoms with van der Waals surface area (Å²) in [6.45, 7) is 3.38. The molecule has 0 fully saturated rings. The highest BCUT2D eigenvalue weighted by Crippen LogP contribution is 2.22. The zero-order valence-corrected chi connectivity index (χ0v) is 17.4. The molecule has 2 aromatic carbocycles. The van der Waals surface area contributed by atoms with Crippen LogP contribution < -0.4 is 10.1 Å².